The van der Waals surface area contributed by atoms with E-state index in [2.05, 4.69) is 0 Å². The summed E-state index contributed by atoms with van der Waals surface area (Å²) in [5, 5.41) is 11.4. The molecule has 0 radical (unpaired) electrons. The number of alkyl halides is 3. The van der Waals surface area contributed by atoms with Gasteiger partial charge in [-0.1, -0.05) is 12.1 Å². The zero-order chi connectivity index (χ0) is 17.1. The van der Waals surface area contributed by atoms with Crippen LogP contribution in [0.3, 0.4) is 0 Å². The summed E-state index contributed by atoms with van der Waals surface area (Å²) in [6.45, 7) is -1.35. The number of carbonyl (C=O) groups is 1. The number of halogens is 3. The summed E-state index contributed by atoms with van der Waals surface area (Å²) in [6, 6.07) is 2.98. The SMILES string of the molecule is [2H]C(F)(F)C(=O)NC(CF)C(O)c1ccc(S(C)(=O)=O)cc1. The van der Waals surface area contributed by atoms with Crippen molar-refractivity contribution in [2.75, 3.05) is 12.9 Å². The van der Waals surface area contributed by atoms with E-state index in [1.165, 1.54) is 17.4 Å². The molecule has 0 aromatic heterocycles. The summed E-state index contributed by atoms with van der Waals surface area (Å²) in [6.07, 6.45) is -5.16. The van der Waals surface area contributed by atoms with Crippen LogP contribution in [0.1, 0.15) is 13.0 Å². The van der Waals surface area contributed by atoms with Gasteiger partial charge in [0.15, 0.2) is 9.84 Å². The van der Waals surface area contributed by atoms with Crippen LogP contribution >= 0.6 is 0 Å². The molecule has 5 nitrogen and oxygen atoms in total. The van der Waals surface area contributed by atoms with Crippen LogP contribution in [0.2, 0.25) is 0 Å². The molecule has 0 heterocycles. The normalized spacial score (nSPS) is 16.0. The van der Waals surface area contributed by atoms with E-state index in [9.17, 15) is 31.5 Å². The van der Waals surface area contributed by atoms with Gasteiger partial charge in [-0.15, -0.1) is 0 Å². The van der Waals surface area contributed by atoms with Gasteiger partial charge in [0.05, 0.1) is 10.9 Å². The van der Waals surface area contributed by atoms with E-state index in [0.29, 0.717) is 0 Å². The lowest BCUT2D eigenvalue weighted by atomic mass is 10.0. The van der Waals surface area contributed by atoms with Crippen LogP contribution in [0.5, 0.6) is 0 Å². The second-order valence-corrected chi connectivity index (χ2v) is 6.30. The largest absolute Gasteiger partial charge is 0.386 e. The third-order valence-electron chi connectivity index (χ3n) is 2.69. The maximum absolute atomic E-state index is 12.8. The first-order chi connectivity index (χ1) is 9.96. The van der Waals surface area contributed by atoms with Crippen molar-refractivity contribution in [2.24, 2.45) is 0 Å². The first-order valence-corrected chi connectivity index (χ1v) is 7.58. The highest BCUT2D eigenvalue weighted by molar-refractivity contribution is 7.90. The van der Waals surface area contributed by atoms with E-state index >= 15 is 0 Å². The van der Waals surface area contributed by atoms with E-state index in [4.69, 9.17) is 1.37 Å². The van der Waals surface area contributed by atoms with Crippen LogP contribution in [-0.4, -0.2) is 44.8 Å². The summed E-state index contributed by atoms with van der Waals surface area (Å²) >= 11 is 0. The molecule has 0 aliphatic heterocycles. The predicted molar refractivity (Wildman–Crippen MR) is 68.4 cm³/mol. The fourth-order valence-electron chi connectivity index (χ4n) is 1.57. The average Bonchev–Trinajstić information content (AvgIpc) is 2.41. The van der Waals surface area contributed by atoms with E-state index in [-0.39, 0.29) is 10.5 Å². The van der Waals surface area contributed by atoms with Crippen molar-refractivity contribution in [3.05, 3.63) is 29.8 Å². The number of rotatable bonds is 6. The van der Waals surface area contributed by atoms with Gasteiger partial charge in [0, 0.05) is 6.26 Å². The molecule has 0 aliphatic carbocycles. The third-order valence-corrected chi connectivity index (χ3v) is 3.81. The molecule has 0 spiro atoms. The molecular formula is C12H14F3NO4S. The van der Waals surface area contributed by atoms with Crippen molar-refractivity contribution < 1.29 is 32.9 Å². The van der Waals surface area contributed by atoms with Crippen LogP contribution in [0, 0.1) is 0 Å². The van der Waals surface area contributed by atoms with Crippen LogP contribution in [-0.2, 0) is 14.6 Å². The maximum atomic E-state index is 12.8. The number of amides is 1. The molecule has 1 aromatic rings. The van der Waals surface area contributed by atoms with Gasteiger partial charge in [-0.2, -0.15) is 8.78 Å². The number of nitrogens with one attached hydrogen (secondary N) is 1. The van der Waals surface area contributed by atoms with Crippen LogP contribution in [0.15, 0.2) is 29.2 Å². The summed E-state index contributed by atoms with van der Waals surface area (Å²) < 4.78 is 66.5. The predicted octanol–water partition coefficient (Wildman–Crippen LogP) is 0.843. The minimum Gasteiger partial charge on any atom is -0.386 e. The highest BCUT2D eigenvalue weighted by Gasteiger charge is 2.26. The number of hydrogen-bond donors (Lipinski definition) is 2. The standard InChI is InChI=1S/C12H14F3NO4S/c1-21(19,20)8-4-2-7(3-5-8)10(17)9(6-13)16-12(18)11(14)15/h2-5,9-11,17H,6H2,1H3,(H,16,18)/i11D. The molecule has 0 aliphatic rings. The van der Waals surface area contributed by atoms with E-state index in [0.717, 1.165) is 18.4 Å². The molecule has 1 amide bonds. The molecule has 118 valence electrons. The minimum absolute atomic E-state index is 0.0312. The zero-order valence-corrected chi connectivity index (χ0v) is 11.7. The molecule has 21 heavy (non-hydrogen) atoms. The minimum atomic E-state index is -4.45. The van der Waals surface area contributed by atoms with Gasteiger partial charge in [0.25, 0.3) is 5.91 Å². The third kappa shape index (κ3) is 4.71. The number of hydrogen-bond acceptors (Lipinski definition) is 4. The highest BCUT2D eigenvalue weighted by Crippen LogP contribution is 2.20. The second-order valence-electron chi connectivity index (χ2n) is 4.28. The lowest BCUT2D eigenvalue weighted by Gasteiger charge is -2.21. The lowest BCUT2D eigenvalue weighted by Crippen LogP contribution is -2.43. The Balaban J connectivity index is 2.93. The fourth-order valence-corrected chi connectivity index (χ4v) is 2.20. The van der Waals surface area contributed by atoms with Crippen LogP contribution in [0.4, 0.5) is 13.2 Å². The first-order valence-electron chi connectivity index (χ1n) is 6.19. The van der Waals surface area contributed by atoms with Gasteiger partial charge in [0.1, 0.15) is 14.1 Å². The molecule has 1 rings (SSSR count). The fraction of sp³-hybridized carbons (Fsp3) is 0.417. The van der Waals surface area contributed by atoms with E-state index in [1.807, 2.05) is 0 Å². The van der Waals surface area contributed by atoms with Gasteiger partial charge in [-0.3, -0.25) is 4.79 Å². The first kappa shape index (κ1) is 15.8. The quantitative estimate of drug-likeness (QED) is 0.811. The lowest BCUT2D eigenvalue weighted by molar-refractivity contribution is -0.133. The van der Waals surface area contributed by atoms with Crippen LogP contribution < -0.4 is 5.32 Å². The number of benzene rings is 1. The molecule has 2 atom stereocenters. The van der Waals surface area contributed by atoms with Crippen molar-refractivity contribution >= 4 is 15.7 Å². The van der Waals surface area contributed by atoms with Gasteiger partial charge in [0.2, 0.25) is 0 Å². The second kappa shape index (κ2) is 6.90. The van der Waals surface area contributed by atoms with Crippen molar-refractivity contribution in [3.63, 3.8) is 0 Å². The van der Waals surface area contributed by atoms with Crippen molar-refractivity contribution in [3.8, 4) is 0 Å². The van der Waals surface area contributed by atoms with Crippen LogP contribution in [0.25, 0.3) is 0 Å². The Labute approximate surface area is 121 Å². The number of sulfone groups is 1. The number of aliphatic hydroxyl groups excluding tert-OH is 1. The monoisotopic (exact) mass is 326 g/mol. The maximum Gasteiger partial charge on any atom is 0.315 e. The number of aliphatic hydroxyl groups is 1. The molecule has 1 aromatic carbocycles. The van der Waals surface area contributed by atoms with Crippen molar-refractivity contribution in [2.45, 2.75) is 23.4 Å². The van der Waals surface area contributed by atoms with Gasteiger partial charge < -0.3 is 10.4 Å². The highest BCUT2D eigenvalue weighted by atomic mass is 32.2. The molecule has 2 N–H and O–H groups in total. The number of carbonyl (C=O) groups excluding carboxylic acids is 1. The smallest absolute Gasteiger partial charge is 0.315 e. The molecule has 2 unspecified atom stereocenters. The molecule has 0 bridgehead atoms. The van der Waals surface area contributed by atoms with E-state index < -0.39 is 41.0 Å². The van der Waals surface area contributed by atoms with Gasteiger partial charge in [-0.25, -0.2) is 12.8 Å². The van der Waals surface area contributed by atoms with Crippen molar-refractivity contribution in [1.29, 1.82) is 0 Å². The molecular weight excluding hydrogens is 311 g/mol. The molecule has 0 saturated heterocycles. The Morgan fingerprint density at radius 1 is 1.38 bits per heavy atom. The molecule has 0 fully saturated rings. The summed E-state index contributed by atoms with van der Waals surface area (Å²) in [4.78, 5) is 10.9. The van der Waals surface area contributed by atoms with Crippen molar-refractivity contribution in [1.82, 2.24) is 5.32 Å². The summed E-state index contributed by atoms with van der Waals surface area (Å²) in [7, 11) is -3.46. The summed E-state index contributed by atoms with van der Waals surface area (Å²) in [5.74, 6) is -2.04. The Hall–Kier alpha value is -1.61. The van der Waals surface area contributed by atoms with Gasteiger partial charge >= 0.3 is 6.40 Å². The van der Waals surface area contributed by atoms with E-state index in [1.54, 1.807) is 0 Å². The zero-order valence-electron chi connectivity index (χ0n) is 11.9. The summed E-state index contributed by atoms with van der Waals surface area (Å²) in [5.41, 5.74) is 0.0312. The molecule has 0 saturated carbocycles. The van der Waals surface area contributed by atoms with Gasteiger partial charge in [-0.05, 0) is 17.7 Å². The Kier molecular flexibility index (Phi) is 5.18. The Bertz CT molecular complexity index is 631. The Morgan fingerprint density at radius 3 is 2.29 bits per heavy atom. The Morgan fingerprint density at radius 2 is 1.90 bits per heavy atom. The average molecular weight is 326 g/mol. The molecule has 9 heteroatoms. The topological polar surface area (TPSA) is 83.5 Å².